The minimum atomic E-state index is 0.589. The third-order valence-corrected chi connectivity index (χ3v) is 9.35. The summed E-state index contributed by atoms with van der Waals surface area (Å²) in [5.41, 5.74) is 29.9. The van der Waals surface area contributed by atoms with Crippen LogP contribution in [-0.4, -0.2) is 0 Å². The minimum absolute atomic E-state index is 0.589. The number of anilines is 4. The smallest absolute Gasteiger partial charge is 0.0526 e. The second kappa shape index (κ2) is 19.4. The van der Waals surface area contributed by atoms with Gasteiger partial charge in [-0.1, -0.05) is 60.3 Å². The van der Waals surface area contributed by atoms with Gasteiger partial charge in [0.15, 0.2) is 0 Å². The molecule has 0 aliphatic heterocycles. The van der Waals surface area contributed by atoms with E-state index in [1.807, 2.05) is 51.2 Å². The van der Waals surface area contributed by atoms with Crippen molar-refractivity contribution >= 4 is 84.8 Å². The fourth-order valence-corrected chi connectivity index (χ4v) is 6.87. The molecular weight excluding hydrogens is 593 g/mol. The van der Waals surface area contributed by atoms with Crippen molar-refractivity contribution in [3.8, 4) is 0 Å². The average molecular weight is 643 g/mol. The lowest BCUT2D eigenvalue weighted by Gasteiger charge is -2.06. The number of nitrogen functional groups attached to an aromatic ring is 4. The summed E-state index contributed by atoms with van der Waals surface area (Å²) in [7, 11) is 0. The van der Waals surface area contributed by atoms with Crippen LogP contribution in [0.4, 0.5) is 22.7 Å². The van der Waals surface area contributed by atoms with Gasteiger partial charge in [-0.05, 0) is 101 Å². The van der Waals surface area contributed by atoms with Gasteiger partial charge in [0.25, 0.3) is 0 Å². The Morgan fingerprint density at radius 2 is 1.07 bits per heavy atom. The van der Waals surface area contributed by atoms with Crippen molar-refractivity contribution in [2.75, 3.05) is 22.9 Å². The summed E-state index contributed by atoms with van der Waals surface area (Å²) in [5, 5.41) is 9.93. The highest BCUT2D eigenvalue weighted by Gasteiger charge is 2.06. The average Bonchev–Trinajstić information content (AvgIpc) is 3.69. The van der Waals surface area contributed by atoms with E-state index in [4.69, 9.17) is 22.9 Å². The molecular formula is C34H50N4S4. The monoisotopic (exact) mass is 642 g/mol. The largest absolute Gasteiger partial charge is 0.398 e. The molecule has 0 radical (unpaired) electrons. The zero-order valence-electron chi connectivity index (χ0n) is 26.4. The first-order valence-electron chi connectivity index (χ1n) is 14.0. The minimum Gasteiger partial charge on any atom is -0.398 e. The third-order valence-electron chi connectivity index (χ3n) is 5.49. The lowest BCUT2D eigenvalue weighted by Crippen LogP contribution is -1.91. The molecule has 4 rings (SSSR count). The highest BCUT2D eigenvalue weighted by Crippen LogP contribution is 2.30. The van der Waals surface area contributed by atoms with Gasteiger partial charge in [-0.25, -0.2) is 0 Å². The fraction of sp³-hybridized carbons (Fsp3) is 0.353. The van der Waals surface area contributed by atoms with Crippen LogP contribution in [0.3, 0.4) is 0 Å². The summed E-state index contributed by atoms with van der Waals surface area (Å²) in [6, 6.07) is 7.73. The topological polar surface area (TPSA) is 104 Å². The van der Waals surface area contributed by atoms with E-state index in [9.17, 15) is 0 Å². The Morgan fingerprint density at radius 1 is 0.667 bits per heavy atom. The molecule has 4 aromatic heterocycles. The lowest BCUT2D eigenvalue weighted by atomic mass is 10.0. The Labute approximate surface area is 270 Å². The van der Waals surface area contributed by atoms with Gasteiger partial charge < -0.3 is 22.9 Å². The molecule has 42 heavy (non-hydrogen) atoms. The Morgan fingerprint density at radius 3 is 1.31 bits per heavy atom. The van der Waals surface area contributed by atoms with Gasteiger partial charge in [-0.3, -0.25) is 0 Å². The number of rotatable bonds is 7. The predicted octanol–water partition coefficient (Wildman–Crippen LogP) is 11.5. The summed E-state index contributed by atoms with van der Waals surface area (Å²) in [4.78, 5) is 3.58. The van der Waals surface area contributed by atoms with E-state index in [2.05, 4.69) is 74.1 Å². The van der Waals surface area contributed by atoms with Crippen molar-refractivity contribution in [1.29, 1.82) is 0 Å². The molecule has 230 valence electrons. The molecule has 0 atom stereocenters. The number of nitrogens with two attached hydrogens (primary N) is 4. The van der Waals surface area contributed by atoms with Crippen LogP contribution in [-0.2, 0) is 0 Å². The van der Waals surface area contributed by atoms with Crippen LogP contribution in [0, 0.1) is 17.8 Å². The quantitative estimate of drug-likeness (QED) is 0.161. The second-order valence-electron chi connectivity index (χ2n) is 11.1. The van der Waals surface area contributed by atoms with Crippen LogP contribution in [0.25, 0.3) is 16.7 Å². The molecule has 0 bridgehead atoms. The maximum Gasteiger partial charge on any atom is 0.0526 e. The number of hydrogen-bond donors (Lipinski definition) is 4. The molecule has 0 fully saturated rings. The van der Waals surface area contributed by atoms with Gasteiger partial charge in [0.05, 0.1) is 14.6 Å². The summed E-state index contributed by atoms with van der Waals surface area (Å²) >= 11 is 6.70. The predicted molar refractivity (Wildman–Crippen MR) is 200 cm³/mol. The summed E-state index contributed by atoms with van der Waals surface area (Å²) in [6.45, 7) is 21.3. The fourth-order valence-electron chi connectivity index (χ4n) is 3.90. The van der Waals surface area contributed by atoms with Crippen molar-refractivity contribution in [3.63, 3.8) is 0 Å². The maximum atomic E-state index is 5.79. The molecule has 4 nitrogen and oxygen atoms in total. The standard InChI is InChI=1S/3C10H15NS.C4H5NS/c3*1-7(2)6-8(3)10-9(11)4-5-12-10;5-4-1-2-6-3-4/h2*4-7H,11H2,1-3H3;4-5,7H,3,6,11H2,1-2H3;1-3H,5H2/b8-6+;8-6-;;. The summed E-state index contributed by atoms with van der Waals surface area (Å²) in [5.74, 6) is 1.83. The summed E-state index contributed by atoms with van der Waals surface area (Å²) in [6.07, 6.45) is 5.51. The molecule has 0 saturated heterocycles. The molecule has 0 spiro atoms. The normalized spacial score (nSPS) is 11.4. The molecule has 8 heteroatoms. The van der Waals surface area contributed by atoms with E-state index < -0.39 is 0 Å². The van der Waals surface area contributed by atoms with Gasteiger partial charge in [0.1, 0.15) is 0 Å². The first-order valence-corrected chi connectivity index (χ1v) is 17.6. The van der Waals surface area contributed by atoms with Crippen molar-refractivity contribution in [2.45, 2.75) is 61.8 Å². The SMILES string of the molecule is C/C(=C/C(C)C)c1sccc1N.C/C(=C\C(C)C)c1sccc1N.C=C(CC(C)C)c1sccc1N.Nc1ccsc1. The highest BCUT2D eigenvalue weighted by atomic mass is 32.1. The van der Waals surface area contributed by atoms with E-state index >= 15 is 0 Å². The van der Waals surface area contributed by atoms with Crippen LogP contribution in [0.2, 0.25) is 0 Å². The first-order chi connectivity index (χ1) is 19.7. The van der Waals surface area contributed by atoms with Gasteiger partial charge in [0.2, 0.25) is 0 Å². The molecule has 4 heterocycles. The molecule has 0 aliphatic carbocycles. The van der Waals surface area contributed by atoms with Gasteiger partial charge in [0, 0.05) is 28.1 Å². The zero-order chi connectivity index (χ0) is 31.8. The molecule has 0 unspecified atom stereocenters. The number of thiophene rings is 4. The first kappa shape index (κ1) is 37.2. The van der Waals surface area contributed by atoms with Gasteiger partial charge in [-0.15, -0.1) is 34.0 Å². The zero-order valence-corrected chi connectivity index (χ0v) is 29.7. The van der Waals surface area contributed by atoms with Crippen molar-refractivity contribution in [3.05, 3.63) is 84.5 Å². The Balaban J connectivity index is 0.000000287. The summed E-state index contributed by atoms with van der Waals surface area (Å²) < 4.78 is 0. The highest BCUT2D eigenvalue weighted by molar-refractivity contribution is 7.12. The van der Waals surface area contributed by atoms with Crippen LogP contribution in [0.15, 0.2) is 69.9 Å². The van der Waals surface area contributed by atoms with Crippen molar-refractivity contribution in [2.24, 2.45) is 17.8 Å². The number of allylic oxidation sites excluding steroid dienone is 5. The Kier molecular flexibility index (Phi) is 17.2. The van der Waals surface area contributed by atoms with E-state index in [0.717, 1.165) is 39.6 Å². The van der Waals surface area contributed by atoms with Crippen LogP contribution < -0.4 is 22.9 Å². The van der Waals surface area contributed by atoms with Crippen LogP contribution in [0.5, 0.6) is 0 Å². The van der Waals surface area contributed by atoms with E-state index in [1.54, 1.807) is 45.3 Å². The van der Waals surface area contributed by atoms with E-state index in [1.165, 1.54) is 20.9 Å². The molecule has 0 aromatic carbocycles. The van der Waals surface area contributed by atoms with Crippen LogP contribution >= 0.6 is 45.3 Å². The van der Waals surface area contributed by atoms with Crippen molar-refractivity contribution < 1.29 is 0 Å². The lowest BCUT2D eigenvalue weighted by molar-refractivity contribution is 0.675. The Hall–Kier alpha value is -2.78. The maximum absolute atomic E-state index is 5.79. The Bertz CT molecular complexity index is 1310. The van der Waals surface area contributed by atoms with Crippen molar-refractivity contribution in [1.82, 2.24) is 0 Å². The van der Waals surface area contributed by atoms with E-state index in [-0.39, 0.29) is 0 Å². The van der Waals surface area contributed by atoms with Gasteiger partial charge >= 0.3 is 0 Å². The molecule has 0 aliphatic rings. The second-order valence-corrected chi connectivity index (χ2v) is 14.6. The van der Waals surface area contributed by atoms with Gasteiger partial charge in [-0.2, -0.15) is 11.3 Å². The third kappa shape index (κ3) is 14.4. The molecule has 0 amide bonds. The molecule has 4 aromatic rings. The number of hydrogen-bond acceptors (Lipinski definition) is 8. The van der Waals surface area contributed by atoms with E-state index in [0.29, 0.717) is 17.8 Å². The van der Waals surface area contributed by atoms with Crippen LogP contribution in [0.1, 0.15) is 76.4 Å². The molecule has 8 N–H and O–H groups in total. The molecule has 0 saturated carbocycles.